The maximum Gasteiger partial charge on any atom is 0.0914 e. The van der Waals surface area contributed by atoms with Gasteiger partial charge in [-0.15, -0.1) is 0 Å². The van der Waals surface area contributed by atoms with Crippen LogP contribution >= 0.6 is 23.4 Å². The third-order valence-electron chi connectivity index (χ3n) is 3.81. The van der Waals surface area contributed by atoms with Gasteiger partial charge in [-0.1, -0.05) is 30.2 Å². The van der Waals surface area contributed by atoms with E-state index in [1.165, 1.54) is 25.7 Å². The maximum absolute atomic E-state index is 10.2. The summed E-state index contributed by atoms with van der Waals surface area (Å²) in [5.74, 6) is 0. The lowest BCUT2D eigenvalue weighted by molar-refractivity contribution is 0.166. The number of hydrogen-bond donors (Lipinski definition) is 2. The smallest absolute Gasteiger partial charge is 0.0914 e. The van der Waals surface area contributed by atoms with Crippen molar-refractivity contribution in [3.05, 3.63) is 34.9 Å². The summed E-state index contributed by atoms with van der Waals surface area (Å²) >= 11 is 7.81. The molecule has 1 fully saturated rings. The molecular formula is C15H22ClNOS. The van der Waals surface area contributed by atoms with E-state index in [9.17, 15) is 5.11 Å². The van der Waals surface area contributed by atoms with E-state index < -0.39 is 6.10 Å². The SMILES string of the molecule is CSC1CCCC(NCC(O)c2ccc(Cl)cc2)C1. The number of aliphatic hydroxyl groups is 1. The highest BCUT2D eigenvalue weighted by Crippen LogP contribution is 2.27. The summed E-state index contributed by atoms with van der Waals surface area (Å²) in [6, 6.07) is 7.98. The van der Waals surface area contributed by atoms with Crippen LogP contribution in [0.15, 0.2) is 24.3 Å². The largest absolute Gasteiger partial charge is 0.387 e. The highest BCUT2D eigenvalue weighted by Gasteiger charge is 2.21. The van der Waals surface area contributed by atoms with Crippen molar-refractivity contribution < 1.29 is 5.11 Å². The molecule has 0 amide bonds. The van der Waals surface area contributed by atoms with Crippen molar-refractivity contribution >= 4 is 23.4 Å². The van der Waals surface area contributed by atoms with E-state index in [2.05, 4.69) is 11.6 Å². The molecule has 1 aromatic carbocycles. The molecule has 0 aromatic heterocycles. The molecule has 1 saturated carbocycles. The van der Waals surface area contributed by atoms with E-state index in [1.807, 2.05) is 36.0 Å². The first-order valence-electron chi connectivity index (χ1n) is 6.88. The number of nitrogens with one attached hydrogen (secondary N) is 1. The number of halogens is 1. The van der Waals surface area contributed by atoms with Crippen molar-refractivity contribution in [3.63, 3.8) is 0 Å². The maximum atomic E-state index is 10.2. The van der Waals surface area contributed by atoms with Crippen molar-refractivity contribution in [2.24, 2.45) is 0 Å². The number of hydrogen-bond acceptors (Lipinski definition) is 3. The van der Waals surface area contributed by atoms with E-state index in [4.69, 9.17) is 11.6 Å². The highest BCUT2D eigenvalue weighted by molar-refractivity contribution is 7.99. The third-order valence-corrected chi connectivity index (χ3v) is 5.16. The average molecular weight is 300 g/mol. The second-order valence-electron chi connectivity index (χ2n) is 5.20. The van der Waals surface area contributed by atoms with Gasteiger partial charge in [-0.25, -0.2) is 0 Å². The van der Waals surface area contributed by atoms with Crippen molar-refractivity contribution in [1.82, 2.24) is 5.32 Å². The van der Waals surface area contributed by atoms with Gasteiger partial charge in [-0.05, 0) is 43.2 Å². The zero-order valence-electron chi connectivity index (χ0n) is 11.3. The average Bonchev–Trinajstić information content (AvgIpc) is 2.46. The normalized spacial score (nSPS) is 25.2. The summed E-state index contributed by atoms with van der Waals surface area (Å²) in [7, 11) is 0. The van der Waals surface area contributed by atoms with E-state index in [0.29, 0.717) is 17.6 Å². The molecule has 19 heavy (non-hydrogen) atoms. The van der Waals surface area contributed by atoms with Crippen LogP contribution in [0, 0.1) is 0 Å². The number of thioether (sulfide) groups is 1. The number of benzene rings is 1. The molecule has 2 rings (SSSR count). The standard InChI is InChI=1S/C15H22ClNOS/c1-19-14-4-2-3-13(9-14)17-10-15(18)11-5-7-12(16)8-6-11/h5-8,13-15,17-18H,2-4,9-10H2,1H3. The fraction of sp³-hybridized carbons (Fsp3) is 0.600. The van der Waals surface area contributed by atoms with E-state index in [0.717, 1.165) is 10.8 Å². The first-order valence-corrected chi connectivity index (χ1v) is 8.55. The lowest BCUT2D eigenvalue weighted by Crippen LogP contribution is -2.37. The molecule has 1 aliphatic rings. The van der Waals surface area contributed by atoms with Gasteiger partial charge in [0.2, 0.25) is 0 Å². The molecule has 1 aromatic rings. The Morgan fingerprint density at radius 1 is 1.37 bits per heavy atom. The molecule has 0 bridgehead atoms. The van der Waals surface area contributed by atoms with E-state index in [1.54, 1.807) is 0 Å². The predicted octanol–water partition coefficient (Wildman–Crippen LogP) is 3.64. The van der Waals surface area contributed by atoms with Crippen LogP contribution in [-0.2, 0) is 0 Å². The monoisotopic (exact) mass is 299 g/mol. The van der Waals surface area contributed by atoms with Crippen LogP contribution in [0.2, 0.25) is 5.02 Å². The molecule has 3 unspecified atom stereocenters. The van der Waals surface area contributed by atoms with Crippen LogP contribution in [0.1, 0.15) is 37.4 Å². The van der Waals surface area contributed by atoms with Gasteiger partial charge >= 0.3 is 0 Å². The molecule has 0 radical (unpaired) electrons. The predicted molar refractivity (Wildman–Crippen MR) is 84.0 cm³/mol. The highest BCUT2D eigenvalue weighted by atomic mass is 35.5. The minimum atomic E-state index is -0.452. The number of aliphatic hydroxyl groups excluding tert-OH is 1. The quantitative estimate of drug-likeness (QED) is 0.871. The molecule has 2 nitrogen and oxygen atoms in total. The molecule has 4 heteroatoms. The van der Waals surface area contributed by atoms with Gasteiger partial charge in [-0.3, -0.25) is 0 Å². The van der Waals surface area contributed by atoms with Crippen LogP contribution in [0.4, 0.5) is 0 Å². The second-order valence-corrected chi connectivity index (χ2v) is 6.77. The molecule has 0 aliphatic heterocycles. The van der Waals surface area contributed by atoms with Gasteiger partial charge < -0.3 is 10.4 Å². The van der Waals surface area contributed by atoms with Crippen LogP contribution in [-0.4, -0.2) is 29.2 Å². The second kappa shape index (κ2) is 7.53. The van der Waals surface area contributed by atoms with Crippen molar-refractivity contribution in [2.45, 2.75) is 43.1 Å². The minimum Gasteiger partial charge on any atom is -0.387 e. The Labute approximate surface area is 124 Å². The number of rotatable bonds is 5. The first-order chi connectivity index (χ1) is 9.19. The Morgan fingerprint density at radius 2 is 2.11 bits per heavy atom. The van der Waals surface area contributed by atoms with Crippen LogP contribution in [0.25, 0.3) is 0 Å². The summed E-state index contributed by atoms with van der Waals surface area (Å²) < 4.78 is 0. The Morgan fingerprint density at radius 3 is 2.79 bits per heavy atom. The van der Waals surface area contributed by atoms with Gasteiger partial charge in [0.25, 0.3) is 0 Å². The third kappa shape index (κ3) is 4.67. The lowest BCUT2D eigenvalue weighted by Gasteiger charge is -2.29. The first kappa shape index (κ1) is 15.2. The molecule has 0 spiro atoms. The van der Waals surface area contributed by atoms with Gasteiger partial charge in [0.1, 0.15) is 0 Å². The fourth-order valence-electron chi connectivity index (χ4n) is 2.63. The molecule has 2 N–H and O–H groups in total. The summed E-state index contributed by atoms with van der Waals surface area (Å²) in [6.07, 6.45) is 6.81. The summed E-state index contributed by atoms with van der Waals surface area (Å²) in [6.45, 7) is 0.618. The zero-order chi connectivity index (χ0) is 13.7. The van der Waals surface area contributed by atoms with Crippen molar-refractivity contribution in [3.8, 4) is 0 Å². The van der Waals surface area contributed by atoms with Gasteiger partial charge in [0.15, 0.2) is 0 Å². The summed E-state index contributed by atoms with van der Waals surface area (Å²) in [5.41, 5.74) is 0.925. The van der Waals surface area contributed by atoms with Crippen molar-refractivity contribution in [1.29, 1.82) is 0 Å². The zero-order valence-corrected chi connectivity index (χ0v) is 12.9. The topological polar surface area (TPSA) is 32.3 Å². The van der Waals surface area contributed by atoms with Gasteiger partial charge in [0.05, 0.1) is 6.10 Å². The molecule has 3 atom stereocenters. The van der Waals surface area contributed by atoms with E-state index in [-0.39, 0.29) is 0 Å². The lowest BCUT2D eigenvalue weighted by atomic mass is 9.94. The van der Waals surface area contributed by atoms with Crippen LogP contribution in [0.3, 0.4) is 0 Å². The molecule has 0 heterocycles. The molecule has 106 valence electrons. The fourth-order valence-corrected chi connectivity index (χ4v) is 3.58. The Bertz CT molecular complexity index is 384. The van der Waals surface area contributed by atoms with Crippen molar-refractivity contribution in [2.75, 3.05) is 12.8 Å². The molecule has 1 aliphatic carbocycles. The van der Waals surface area contributed by atoms with E-state index >= 15 is 0 Å². The molecule has 0 saturated heterocycles. The molecular weight excluding hydrogens is 278 g/mol. The Hall–Kier alpha value is -0.220. The Balaban J connectivity index is 1.79. The van der Waals surface area contributed by atoms with Crippen LogP contribution in [0.5, 0.6) is 0 Å². The van der Waals surface area contributed by atoms with Gasteiger partial charge in [0, 0.05) is 22.9 Å². The van der Waals surface area contributed by atoms with Crippen LogP contribution < -0.4 is 5.32 Å². The van der Waals surface area contributed by atoms with Gasteiger partial charge in [-0.2, -0.15) is 11.8 Å². The minimum absolute atomic E-state index is 0.452. The summed E-state index contributed by atoms with van der Waals surface area (Å²) in [5, 5.41) is 15.1. The Kier molecular flexibility index (Phi) is 6.02. The summed E-state index contributed by atoms with van der Waals surface area (Å²) in [4.78, 5) is 0.